The predicted octanol–water partition coefficient (Wildman–Crippen LogP) is 5.57. The van der Waals surface area contributed by atoms with Crippen LogP contribution in [0.1, 0.15) is 40.0 Å². The van der Waals surface area contributed by atoms with E-state index in [1.54, 1.807) is 13.3 Å². The minimum Gasteiger partial charge on any atom is -0.497 e. The van der Waals surface area contributed by atoms with Crippen molar-refractivity contribution < 1.29 is 4.74 Å². The van der Waals surface area contributed by atoms with Crippen LogP contribution in [0.2, 0.25) is 5.02 Å². The van der Waals surface area contributed by atoms with E-state index in [0.29, 0.717) is 10.8 Å². The zero-order valence-electron chi connectivity index (χ0n) is 17.7. The molecule has 0 aliphatic rings. The zero-order chi connectivity index (χ0) is 20.8. The summed E-state index contributed by atoms with van der Waals surface area (Å²) in [5.74, 6) is 3.40. The quantitative estimate of drug-likeness (QED) is 0.433. The third-order valence-corrected chi connectivity index (χ3v) is 5.12. The Hall–Kier alpha value is -2.47. The fourth-order valence-electron chi connectivity index (χ4n) is 3.56. The lowest BCUT2D eigenvalue weighted by Crippen LogP contribution is -2.28. The van der Waals surface area contributed by atoms with Crippen LogP contribution < -0.4 is 14.5 Å². The molecule has 7 heteroatoms. The summed E-state index contributed by atoms with van der Waals surface area (Å²) in [5, 5.41) is 0.642. The third kappa shape index (κ3) is 4.58. The first-order valence-corrected chi connectivity index (χ1v) is 10.7. The highest BCUT2D eigenvalue weighted by molar-refractivity contribution is 6.33. The number of benzene rings is 1. The molecule has 0 amide bonds. The minimum atomic E-state index is 0.642. The molecule has 0 spiro atoms. The van der Waals surface area contributed by atoms with Gasteiger partial charge in [0.2, 0.25) is 5.78 Å². The molecule has 3 rings (SSSR count). The molecule has 0 fully saturated rings. The van der Waals surface area contributed by atoms with Gasteiger partial charge in [-0.2, -0.15) is 4.98 Å². The molecule has 0 radical (unpaired) electrons. The predicted molar refractivity (Wildman–Crippen MR) is 121 cm³/mol. The van der Waals surface area contributed by atoms with Gasteiger partial charge < -0.3 is 14.5 Å². The standard InChI is InChI=1S/C22H30ClN5O/c1-5-11-26(12-6-2)21-16-20(25-22-24-10-14-28(21)22)27(13-7-3)19-9-8-17(29-4)15-18(19)23/h8-10,14-16H,5-7,11-13H2,1-4H3. The van der Waals surface area contributed by atoms with Crippen molar-refractivity contribution in [3.8, 4) is 5.75 Å². The molecule has 0 aliphatic heterocycles. The third-order valence-electron chi connectivity index (χ3n) is 4.82. The Morgan fingerprint density at radius 1 is 1.03 bits per heavy atom. The van der Waals surface area contributed by atoms with Gasteiger partial charge in [-0.1, -0.05) is 32.4 Å². The number of methoxy groups -OCH3 is 1. The minimum absolute atomic E-state index is 0.642. The van der Waals surface area contributed by atoms with Gasteiger partial charge in [-0.3, -0.25) is 4.40 Å². The lowest BCUT2D eigenvalue weighted by Gasteiger charge is -2.28. The van der Waals surface area contributed by atoms with Crippen molar-refractivity contribution in [2.24, 2.45) is 0 Å². The lowest BCUT2D eigenvalue weighted by atomic mass is 10.2. The maximum Gasteiger partial charge on any atom is 0.237 e. The smallest absolute Gasteiger partial charge is 0.237 e. The molecule has 29 heavy (non-hydrogen) atoms. The zero-order valence-corrected chi connectivity index (χ0v) is 18.5. The van der Waals surface area contributed by atoms with Crippen molar-refractivity contribution in [1.29, 1.82) is 0 Å². The summed E-state index contributed by atoms with van der Waals surface area (Å²) in [4.78, 5) is 13.9. The average Bonchev–Trinajstić information content (AvgIpc) is 3.20. The first kappa shape index (κ1) is 21.2. The van der Waals surface area contributed by atoms with E-state index in [2.05, 4.69) is 46.0 Å². The number of anilines is 3. The molecule has 0 aliphatic carbocycles. The van der Waals surface area contributed by atoms with Gasteiger partial charge in [-0.25, -0.2) is 4.98 Å². The molecule has 0 saturated carbocycles. The van der Waals surface area contributed by atoms with Crippen molar-refractivity contribution >= 4 is 34.7 Å². The van der Waals surface area contributed by atoms with Gasteiger partial charge in [-0.15, -0.1) is 0 Å². The first-order valence-electron chi connectivity index (χ1n) is 10.3. The van der Waals surface area contributed by atoms with E-state index < -0.39 is 0 Å². The molecule has 0 saturated heterocycles. The number of nitrogens with zero attached hydrogens (tertiary/aromatic N) is 5. The van der Waals surface area contributed by atoms with E-state index in [-0.39, 0.29) is 0 Å². The van der Waals surface area contributed by atoms with E-state index in [9.17, 15) is 0 Å². The monoisotopic (exact) mass is 415 g/mol. The van der Waals surface area contributed by atoms with Crippen LogP contribution in [-0.2, 0) is 0 Å². The van der Waals surface area contributed by atoms with Crippen LogP contribution >= 0.6 is 11.6 Å². The van der Waals surface area contributed by atoms with Crippen molar-refractivity contribution in [3.05, 3.63) is 41.7 Å². The second-order valence-corrected chi connectivity index (χ2v) is 7.43. The largest absolute Gasteiger partial charge is 0.497 e. The van der Waals surface area contributed by atoms with Crippen molar-refractivity contribution in [2.75, 3.05) is 36.5 Å². The van der Waals surface area contributed by atoms with Gasteiger partial charge in [0.1, 0.15) is 17.4 Å². The Balaban J connectivity index is 2.12. The molecule has 0 atom stereocenters. The van der Waals surface area contributed by atoms with Crippen molar-refractivity contribution in [1.82, 2.24) is 14.4 Å². The van der Waals surface area contributed by atoms with Gasteiger partial charge in [0.15, 0.2) is 0 Å². The highest BCUT2D eigenvalue weighted by Gasteiger charge is 2.19. The Morgan fingerprint density at radius 3 is 2.38 bits per heavy atom. The Labute approximate surface area is 178 Å². The topological polar surface area (TPSA) is 45.9 Å². The molecular formula is C22H30ClN5O. The van der Waals surface area contributed by atoms with E-state index in [1.165, 1.54) is 0 Å². The second-order valence-electron chi connectivity index (χ2n) is 7.03. The van der Waals surface area contributed by atoms with E-state index >= 15 is 0 Å². The summed E-state index contributed by atoms with van der Waals surface area (Å²) in [6.07, 6.45) is 6.90. The Morgan fingerprint density at radius 2 is 1.76 bits per heavy atom. The number of rotatable bonds is 10. The van der Waals surface area contributed by atoms with Crippen LogP contribution in [-0.4, -0.2) is 41.1 Å². The van der Waals surface area contributed by atoms with Gasteiger partial charge in [0, 0.05) is 44.2 Å². The van der Waals surface area contributed by atoms with E-state index in [1.807, 2.05) is 24.4 Å². The molecule has 0 bridgehead atoms. The number of fused-ring (bicyclic) bond motifs is 1. The summed E-state index contributed by atoms with van der Waals surface area (Å²) >= 11 is 6.61. The second kappa shape index (κ2) is 9.83. The van der Waals surface area contributed by atoms with Crippen LogP contribution in [0.3, 0.4) is 0 Å². The summed E-state index contributed by atoms with van der Waals surface area (Å²) < 4.78 is 7.37. The molecule has 1 aromatic carbocycles. The summed E-state index contributed by atoms with van der Waals surface area (Å²) in [6.45, 7) is 9.34. The number of aromatic nitrogens is 3. The van der Waals surface area contributed by atoms with Crippen LogP contribution in [0.25, 0.3) is 5.78 Å². The SMILES string of the molecule is CCCN(CCC)c1cc(N(CCC)c2ccc(OC)cc2Cl)nc2nccn12. The maximum absolute atomic E-state index is 6.61. The number of halogens is 1. The van der Waals surface area contributed by atoms with Gasteiger partial charge in [0.25, 0.3) is 0 Å². The highest BCUT2D eigenvalue weighted by atomic mass is 35.5. The van der Waals surface area contributed by atoms with Crippen LogP contribution in [0.5, 0.6) is 5.75 Å². The normalized spacial score (nSPS) is 11.1. The molecule has 3 aromatic rings. The summed E-state index contributed by atoms with van der Waals surface area (Å²) in [6, 6.07) is 7.91. The van der Waals surface area contributed by atoms with Crippen LogP contribution in [0.4, 0.5) is 17.3 Å². The maximum atomic E-state index is 6.61. The molecule has 2 aromatic heterocycles. The fraction of sp³-hybridized carbons (Fsp3) is 0.455. The lowest BCUT2D eigenvalue weighted by molar-refractivity contribution is 0.415. The molecule has 0 N–H and O–H groups in total. The van der Waals surface area contributed by atoms with Gasteiger partial charge >= 0.3 is 0 Å². The van der Waals surface area contributed by atoms with Gasteiger partial charge in [0.05, 0.1) is 17.8 Å². The summed E-state index contributed by atoms with van der Waals surface area (Å²) in [5.41, 5.74) is 0.918. The number of hydrogen-bond donors (Lipinski definition) is 0. The Bertz CT molecular complexity index is 936. The van der Waals surface area contributed by atoms with E-state index in [0.717, 1.165) is 62.0 Å². The summed E-state index contributed by atoms with van der Waals surface area (Å²) in [7, 11) is 1.64. The molecule has 2 heterocycles. The van der Waals surface area contributed by atoms with Crippen LogP contribution in [0.15, 0.2) is 36.7 Å². The highest BCUT2D eigenvalue weighted by Crippen LogP contribution is 2.35. The number of imidazole rings is 1. The van der Waals surface area contributed by atoms with Gasteiger partial charge in [-0.05, 0) is 31.4 Å². The Kier molecular flexibility index (Phi) is 7.20. The van der Waals surface area contributed by atoms with Crippen LogP contribution in [0, 0.1) is 0 Å². The van der Waals surface area contributed by atoms with Crippen molar-refractivity contribution in [3.63, 3.8) is 0 Å². The average molecular weight is 416 g/mol. The van der Waals surface area contributed by atoms with Crippen molar-refractivity contribution in [2.45, 2.75) is 40.0 Å². The molecule has 0 unspecified atom stereocenters. The van der Waals surface area contributed by atoms with E-state index in [4.69, 9.17) is 21.3 Å². The molecule has 156 valence electrons. The fourth-order valence-corrected chi connectivity index (χ4v) is 3.83. The number of ether oxygens (including phenoxy) is 1. The number of hydrogen-bond acceptors (Lipinski definition) is 5. The first-order chi connectivity index (χ1) is 14.1. The molecule has 6 nitrogen and oxygen atoms in total. The molecular weight excluding hydrogens is 386 g/mol.